The lowest BCUT2D eigenvalue weighted by molar-refractivity contribution is 0.171. The van der Waals surface area contributed by atoms with Crippen LogP contribution >= 0.6 is 23.6 Å². The van der Waals surface area contributed by atoms with E-state index in [4.69, 9.17) is 22.7 Å². The molecule has 1 rings (SSSR count). The number of nitrogens with one attached hydrogen (secondary N) is 1. The lowest BCUT2D eigenvalue weighted by atomic mass is 10.2. The number of methoxy groups -OCH3 is 1. The summed E-state index contributed by atoms with van der Waals surface area (Å²) in [5, 5.41) is 0. The third-order valence-corrected chi connectivity index (χ3v) is 5.90. The molecule has 108 valence electrons. The van der Waals surface area contributed by atoms with Crippen LogP contribution in [0.15, 0.2) is 16.3 Å². The molecular weight excluding hydrogens is 304 g/mol. The highest BCUT2D eigenvalue weighted by Crippen LogP contribution is 2.22. The van der Waals surface area contributed by atoms with Gasteiger partial charge in [0.1, 0.15) is 9.20 Å². The molecule has 1 aromatic heterocycles. The lowest BCUT2D eigenvalue weighted by Gasteiger charge is -2.16. The fourth-order valence-electron chi connectivity index (χ4n) is 1.60. The molecule has 5 nitrogen and oxygen atoms in total. The van der Waals surface area contributed by atoms with Gasteiger partial charge in [-0.2, -0.15) is 0 Å². The van der Waals surface area contributed by atoms with Gasteiger partial charge in [-0.3, -0.25) is 0 Å². The van der Waals surface area contributed by atoms with Gasteiger partial charge in [0.25, 0.3) is 0 Å². The minimum atomic E-state index is -3.54. The minimum Gasteiger partial charge on any atom is -0.389 e. The van der Waals surface area contributed by atoms with E-state index < -0.39 is 10.0 Å². The molecule has 1 aromatic rings. The standard InChI is InChI=1S/C11H18N2O3S3/c1-3-4-8(7-16-2)13-19(14,15)10-6-5-9(18-10)11(12)17/h5-6,8,13H,3-4,7H2,1-2H3,(H2,12,17). The van der Waals surface area contributed by atoms with E-state index >= 15 is 0 Å². The molecule has 0 aliphatic rings. The molecule has 0 bridgehead atoms. The predicted molar refractivity (Wildman–Crippen MR) is 81.1 cm³/mol. The Balaban J connectivity index is 2.86. The Labute approximate surface area is 123 Å². The van der Waals surface area contributed by atoms with Crippen LogP contribution in [-0.4, -0.2) is 33.2 Å². The van der Waals surface area contributed by atoms with Crippen molar-refractivity contribution in [3.8, 4) is 0 Å². The molecule has 0 amide bonds. The van der Waals surface area contributed by atoms with Crippen LogP contribution in [-0.2, 0) is 14.8 Å². The molecule has 0 fully saturated rings. The summed E-state index contributed by atoms with van der Waals surface area (Å²) in [4.78, 5) is 0.794. The van der Waals surface area contributed by atoms with E-state index in [9.17, 15) is 8.42 Å². The van der Waals surface area contributed by atoms with E-state index in [1.54, 1.807) is 13.2 Å². The monoisotopic (exact) mass is 322 g/mol. The number of ether oxygens (including phenoxy) is 1. The molecular formula is C11H18N2O3S3. The number of thiophene rings is 1. The molecule has 0 aliphatic carbocycles. The van der Waals surface area contributed by atoms with Crippen LogP contribution in [0.4, 0.5) is 0 Å². The van der Waals surface area contributed by atoms with Crippen molar-refractivity contribution in [2.75, 3.05) is 13.7 Å². The molecule has 0 aliphatic heterocycles. The van der Waals surface area contributed by atoms with E-state index in [2.05, 4.69) is 4.72 Å². The van der Waals surface area contributed by atoms with Gasteiger partial charge in [0, 0.05) is 13.2 Å². The van der Waals surface area contributed by atoms with Crippen molar-refractivity contribution in [3.05, 3.63) is 17.0 Å². The lowest BCUT2D eigenvalue weighted by Crippen LogP contribution is -2.37. The first kappa shape index (κ1) is 16.5. The highest BCUT2D eigenvalue weighted by molar-refractivity contribution is 7.91. The second-order valence-corrected chi connectivity index (χ2v) is 7.51. The number of thiocarbonyl (C=S) groups is 1. The maximum absolute atomic E-state index is 12.2. The van der Waals surface area contributed by atoms with Crippen molar-refractivity contribution in [3.63, 3.8) is 0 Å². The Morgan fingerprint density at radius 2 is 2.26 bits per heavy atom. The molecule has 0 saturated heterocycles. The number of hydrogen-bond donors (Lipinski definition) is 2. The van der Waals surface area contributed by atoms with E-state index in [1.807, 2.05) is 6.92 Å². The van der Waals surface area contributed by atoms with E-state index in [0.717, 1.165) is 24.2 Å². The molecule has 0 aromatic carbocycles. The van der Waals surface area contributed by atoms with E-state index in [-0.39, 0.29) is 15.2 Å². The van der Waals surface area contributed by atoms with E-state index in [0.29, 0.717) is 11.5 Å². The molecule has 1 heterocycles. The summed E-state index contributed by atoms with van der Waals surface area (Å²) in [7, 11) is -1.99. The zero-order valence-electron chi connectivity index (χ0n) is 10.9. The molecule has 3 N–H and O–H groups in total. The van der Waals surface area contributed by atoms with Gasteiger partial charge in [-0.05, 0) is 18.6 Å². The van der Waals surface area contributed by atoms with Gasteiger partial charge >= 0.3 is 0 Å². The zero-order chi connectivity index (χ0) is 14.5. The van der Waals surface area contributed by atoms with Crippen molar-refractivity contribution in [2.24, 2.45) is 5.73 Å². The summed E-state index contributed by atoms with van der Waals surface area (Å²) in [6, 6.07) is 2.90. The Morgan fingerprint density at radius 1 is 1.58 bits per heavy atom. The summed E-state index contributed by atoms with van der Waals surface area (Å²) >= 11 is 5.89. The van der Waals surface area contributed by atoms with Crippen LogP contribution in [0.3, 0.4) is 0 Å². The second-order valence-electron chi connectivity index (χ2n) is 4.05. The van der Waals surface area contributed by atoms with Gasteiger partial charge in [0.15, 0.2) is 0 Å². The Morgan fingerprint density at radius 3 is 2.74 bits per heavy atom. The fourth-order valence-corrected chi connectivity index (χ4v) is 4.22. The minimum absolute atomic E-state index is 0.202. The number of nitrogens with two attached hydrogens (primary N) is 1. The van der Waals surface area contributed by atoms with Crippen molar-refractivity contribution < 1.29 is 13.2 Å². The first-order chi connectivity index (χ1) is 8.90. The topological polar surface area (TPSA) is 81.4 Å². The summed E-state index contributed by atoms with van der Waals surface area (Å²) in [5.41, 5.74) is 5.47. The van der Waals surface area contributed by atoms with Crippen molar-refractivity contribution >= 4 is 38.6 Å². The fraction of sp³-hybridized carbons (Fsp3) is 0.545. The zero-order valence-corrected chi connectivity index (χ0v) is 13.3. The van der Waals surface area contributed by atoms with Crippen LogP contribution in [0, 0.1) is 0 Å². The molecule has 0 spiro atoms. The van der Waals surface area contributed by atoms with Gasteiger partial charge in [-0.25, -0.2) is 13.1 Å². The smallest absolute Gasteiger partial charge is 0.250 e. The highest BCUT2D eigenvalue weighted by atomic mass is 32.2. The largest absolute Gasteiger partial charge is 0.389 e. The first-order valence-electron chi connectivity index (χ1n) is 5.81. The summed E-state index contributed by atoms with van der Waals surface area (Å²) in [6.07, 6.45) is 1.60. The van der Waals surface area contributed by atoms with Crippen LogP contribution < -0.4 is 10.5 Å². The van der Waals surface area contributed by atoms with Gasteiger partial charge in [0.05, 0.1) is 11.5 Å². The van der Waals surface area contributed by atoms with Crippen molar-refractivity contribution in [1.82, 2.24) is 4.72 Å². The summed E-state index contributed by atoms with van der Waals surface area (Å²) in [5.74, 6) is 0. The number of sulfonamides is 1. The normalized spacial score (nSPS) is 13.4. The summed E-state index contributed by atoms with van der Waals surface area (Å²) in [6.45, 7) is 2.34. The number of hydrogen-bond acceptors (Lipinski definition) is 5. The second kappa shape index (κ2) is 7.30. The van der Waals surface area contributed by atoms with Gasteiger partial charge in [-0.1, -0.05) is 25.6 Å². The van der Waals surface area contributed by atoms with Gasteiger partial charge in [-0.15, -0.1) is 11.3 Å². The number of rotatable bonds is 8. The molecule has 8 heteroatoms. The van der Waals surface area contributed by atoms with Crippen LogP contribution in [0.25, 0.3) is 0 Å². The van der Waals surface area contributed by atoms with Crippen molar-refractivity contribution in [2.45, 2.75) is 30.0 Å². The van der Waals surface area contributed by atoms with Crippen LogP contribution in [0.2, 0.25) is 0 Å². The first-order valence-corrected chi connectivity index (χ1v) is 8.52. The SMILES string of the molecule is CCCC(COC)NS(=O)(=O)c1ccc(C(N)=S)s1. The van der Waals surface area contributed by atoms with Crippen LogP contribution in [0.1, 0.15) is 24.6 Å². The highest BCUT2D eigenvalue weighted by Gasteiger charge is 2.21. The van der Waals surface area contributed by atoms with Crippen molar-refractivity contribution in [1.29, 1.82) is 0 Å². The maximum atomic E-state index is 12.2. The third kappa shape index (κ3) is 4.81. The quantitative estimate of drug-likeness (QED) is 0.709. The Kier molecular flexibility index (Phi) is 6.34. The molecule has 19 heavy (non-hydrogen) atoms. The average molecular weight is 322 g/mol. The Hall–Kier alpha value is -0.540. The van der Waals surface area contributed by atoms with E-state index in [1.165, 1.54) is 6.07 Å². The predicted octanol–water partition coefficient (Wildman–Crippen LogP) is 1.48. The van der Waals surface area contributed by atoms with Crippen LogP contribution in [0.5, 0.6) is 0 Å². The van der Waals surface area contributed by atoms with Gasteiger partial charge < -0.3 is 10.5 Å². The molecule has 0 radical (unpaired) electrons. The van der Waals surface area contributed by atoms with Gasteiger partial charge in [0.2, 0.25) is 10.0 Å². The molecule has 0 saturated carbocycles. The Bertz CT molecular complexity index is 519. The third-order valence-electron chi connectivity index (χ3n) is 2.42. The molecule has 1 unspecified atom stereocenters. The average Bonchev–Trinajstić information content (AvgIpc) is 2.79. The summed E-state index contributed by atoms with van der Waals surface area (Å²) < 4.78 is 32.2. The molecule has 1 atom stereocenters. The maximum Gasteiger partial charge on any atom is 0.250 e.